The van der Waals surface area contributed by atoms with Crippen molar-refractivity contribution in [2.45, 2.75) is 49.8 Å². The molecule has 1 saturated heterocycles. The molecule has 3 heteroatoms. The molecular weight excluding hydrogens is 204 g/mol. The summed E-state index contributed by atoms with van der Waals surface area (Å²) in [6.07, 6.45) is 5.11. The van der Waals surface area contributed by atoms with Gasteiger partial charge in [-0.05, 0) is 32.2 Å². The van der Waals surface area contributed by atoms with Crippen LogP contribution in [0, 0.1) is 0 Å². The van der Waals surface area contributed by atoms with E-state index in [1.165, 1.54) is 44.5 Å². The topological polar surface area (TPSA) is 29.3 Å². The molecule has 1 heterocycles. The van der Waals surface area contributed by atoms with Crippen LogP contribution in [-0.4, -0.2) is 40.6 Å². The first kappa shape index (κ1) is 11.7. The summed E-state index contributed by atoms with van der Waals surface area (Å²) in [5.74, 6) is 1.27. The SMILES string of the molecule is CC1(C)CCN(CC2(N)CCC2)CCS1. The summed E-state index contributed by atoms with van der Waals surface area (Å²) in [4.78, 5) is 2.58. The first-order valence-corrected chi connectivity index (χ1v) is 7.13. The number of nitrogens with two attached hydrogens (primary N) is 1. The van der Waals surface area contributed by atoms with Gasteiger partial charge in [-0.15, -0.1) is 0 Å². The predicted octanol–water partition coefficient (Wildman–Crippen LogP) is 2.09. The van der Waals surface area contributed by atoms with Gasteiger partial charge in [-0.3, -0.25) is 0 Å². The number of nitrogens with zero attached hydrogens (tertiary/aromatic N) is 1. The van der Waals surface area contributed by atoms with Crippen LogP contribution in [0.3, 0.4) is 0 Å². The van der Waals surface area contributed by atoms with Gasteiger partial charge in [-0.2, -0.15) is 11.8 Å². The Labute approximate surface area is 98.0 Å². The van der Waals surface area contributed by atoms with Crippen molar-refractivity contribution in [2.75, 3.05) is 25.4 Å². The molecule has 2 rings (SSSR count). The van der Waals surface area contributed by atoms with Crippen LogP contribution in [0.25, 0.3) is 0 Å². The molecule has 1 aliphatic carbocycles. The van der Waals surface area contributed by atoms with Crippen molar-refractivity contribution in [3.05, 3.63) is 0 Å². The van der Waals surface area contributed by atoms with E-state index in [1.54, 1.807) is 0 Å². The summed E-state index contributed by atoms with van der Waals surface area (Å²) >= 11 is 2.11. The molecule has 15 heavy (non-hydrogen) atoms. The van der Waals surface area contributed by atoms with Crippen LogP contribution in [0.15, 0.2) is 0 Å². The Balaban J connectivity index is 1.83. The van der Waals surface area contributed by atoms with Gasteiger partial charge in [-0.1, -0.05) is 13.8 Å². The van der Waals surface area contributed by atoms with Gasteiger partial charge in [0.25, 0.3) is 0 Å². The molecule has 0 atom stereocenters. The number of thioether (sulfide) groups is 1. The zero-order chi connectivity index (χ0) is 10.9. The third-order valence-electron chi connectivity index (χ3n) is 3.82. The van der Waals surface area contributed by atoms with Crippen molar-refractivity contribution in [3.63, 3.8) is 0 Å². The van der Waals surface area contributed by atoms with Crippen molar-refractivity contribution < 1.29 is 0 Å². The minimum absolute atomic E-state index is 0.166. The van der Waals surface area contributed by atoms with Gasteiger partial charge < -0.3 is 10.6 Å². The fourth-order valence-electron chi connectivity index (χ4n) is 2.45. The van der Waals surface area contributed by atoms with Crippen molar-refractivity contribution in [3.8, 4) is 0 Å². The van der Waals surface area contributed by atoms with Crippen LogP contribution in [0.4, 0.5) is 0 Å². The highest BCUT2D eigenvalue weighted by molar-refractivity contribution is 8.00. The fraction of sp³-hybridized carbons (Fsp3) is 1.00. The third kappa shape index (κ3) is 3.11. The summed E-state index contributed by atoms with van der Waals surface area (Å²) < 4.78 is 0.468. The molecule has 2 fully saturated rings. The summed E-state index contributed by atoms with van der Waals surface area (Å²) in [7, 11) is 0. The summed E-state index contributed by atoms with van der Waals surface area (Å²) in [6.45, 7) is 8.32. The average molecular weight is 228 g/mol. The van der Waals surface area contributed by atoms with Crippen LogP contribution in [0.5, 0.6) is 0 Å². The standard InChI is InChI=1S/C12H24N2S/c1-11(2)6-7-14(8-9-15-11)10-12(13)4-3-5-12/h3-10,13H2,1-2H3. The van der Waals surface area contributed by atoms with E-state index in [9.17, 15) is 0 Å². The molecule has 0 spiro atoms. The minimum Gasteiger partial charge on any atom is -0.324 e. The Bertz CT molecular complexity index is 224. The molecule has 0 unspecified atom stereocenters. The maximum absolute atomic E-state index is 6.30. The van der Waals surface area contributed by atoms with Gasteiger partial charge in [0, 0.05) is 29.1 Å². The third-order valence-corrected chi connectivity index (χ3v) is 5.19. The second-order valence-corrected chi connectivity index (χ2v) is 7.65. The molecule has 2 aliphatic rings. The van der Waals surface area contributed by atoms with Crippen molar-refractivity contribution >= 4 is 11.8 Å². The highest BCUT2D eigenvalue weighted by atomic mass is 32.2. The van der Waals surface area contributed by atoms with Crippen molar-refractivity contribution in [1.29, 1.82) is 0 Å². The van der Waals surface area contributed by atoms with Gasteiger partial charge >= 0.3 is 0 Å². The minimum atomic E-state index is 0.166. The lowest BCUT2D eigenvalue weighted by Crippen LogP contribution is -2.55. The van der Waals surface area contributed by atoms with Gasteiger partial charge in [-0.25, -0.2) is 0 Å². The molecule has 1 saturated carbocycles. The first-order valence-electron chi connectivity index (χ1n) is 6.14. The summed E-state index contributed by atoms with van der Waals surface area (Å²) in [5.41, 5.74) is 6.47. The average Bonchev–Trinajstić information content (AvgIpc) is 2.25. The lowest BCUT2D eigenvalue weighted by atomic mass is 9.77. The van der Waals surface area contributed by atoms with Crippen LogP contribution in [-0.2, 0) is 0 Å². The quantitative estimate of drug-likeness (QED) is 0.785. The maximum Gasteiger partial charge on any atom is 0.0283 e. The van der Waals surface area contributed by atoms with Gasteiger partial charge in [0.2, 0.25) is 0 Å². The highest BCUT2D eigenvalue weighted by Crippen LogP contribution is 2.33. The zero-order valence-electron chi connectivity index (χ0n) is 10.1. The second kappa shape index (κ2) is 4.27. The molecule has 0 aromatic carbocycles. The Hall–Kier alpha value is 0.270. The van der Waals surface area contributed by atoms with E-state index in [2.05, 4.69) is 30.5 Å². The molecule has 2 nitrogen and oxygen atoms in total. The lowest BCUT2D eigenvalue weighted by Gasteiger charge is -2.41. The van der Waals surface area contributed by atoms with Crippen molar-refractivity contribution in [1.82, 2.24) is 4.90 Å². The molecule has 0 amide bonds. The van der Waals surface area contributed by atoms with Crippen LogP contribution in [0.1, 0.15) is 39.5 Å². The van der Waals surface area contributed by atoms with E-state index in [1.807, 2.05) is 0 Å². The molecule has 0 radical (unpaired) electrons. The normalized spacial score (nSPS) is 30.6. The fourth-order valence-corrected chi connectivity index (χ4v) is 3.59. The van der Waals surface area contributed by atoms with Gasteiger partial charge in [0.1, 0.15) is 0 Å². The van der Waals surface area contributed by atoms with E-state index >= 15 is 0 Å². The second-order valence-electron chi connectivity index (χ2n) is 5.85. The lowest BCUT2D eigenvalue weighted by molar-refractivity contribution is 0.149. The van der Waals surface area contributed by atoms with E-state index in [4.69, 9.17) is 5.73 Å². The molecule has 0 aromatic heterocycles. The van der Waals surface area contributed by atoms with Crippen molar-refractivity contribution in [2.24, 2.45) is 5.73 Å². The van der Waals surface area contributed by atoms with E-state index in [0.717, 1.165) is 6.54 Å². The zero-order valence-corrected chi connectivity index (χ0v) is 10.9. The van der Waals surface area contributed by atoms with E-state index in [-0.39, 0.29) is 5.54 Å². The van der Waals surface area contributed by atoms with Crippen LogP contribution < -0.4 is 5.73 Å². The summed E-state index contributed by atoms with van der Waals surface area (Å²) in [5, 5.41) is 0. The highest BCUT2D eigenvalue weighted by Gasteiger charge is 2.35. The number of hydrogen-bond acceptors (Lipinski definition) is 3. The van der Waals surface area contributed by atoms with Gasteiger partial charge in [0.15, 0.2) is 0 Å². The number of rotatable bonds is 2. The summed E-state index contributed by atoms with van der Waals surface area (Å²) in [6, 6.07) is 0. The molecular formula is C12H24N2S. The largest absolute Gasteiger partial charge is 0.324 e. The van der Waals surface area contributed by atoms with Crippen LogP contribution in [0.2, 0.25) is 0 Å². The first-order chi connectivity index (χ1) is 6.99. The van der Waals surface area contributed by atoms with Gasteiger partial charge in [0.05, 0.1) is 0 Å². The Morgan fingerprint density at radius 3 is 2.53 bits per heavy atom. The molecule has 0 bridgehead atoms. The Morgan fingerprint density at radius 1 is 1.20 bits per heavy atom. The number of hydrogen-bond donors (Lipinski definition) is 1. The predicted molar refractivity (Wildman–Crippen MR) is 68.4 cm³/mol. The Kier molecular flexibility index (Phi) is 3.34. The smallest absolute Gasteiger partial charge is 0.0283 e. The molecule has 0 aromatic rings. The molecule has 1 aliphatic heterocycles. The molecule has 2 N–H and O–H groups in total. The molecule has 88 valence electrons. The monoisotopic (exact) mass is 228 g/mol. The maximum atomic E-state index is 6.30. The van der Waals surface area contributed by atoms with E-state index < -0.39 is 0 Å². The van der Waals surface area contributed by atoms with E-state index in [0.29, 0.717) is 4.75 Å². The van der Waals surface area contributed by atoms with Crippen LogP contribution >= 0.6 is 11.8 Å². The Morgan fingerprint density at radius 2 is 1.93 bits per heavy atom.